The number of alkyl carbamates (subject to hydrolysis) is 1. The predicted octanol–water partition coefficient (Wildman–Crippen LogP) is 3.47. The van der Waals surface area contributed by atoms with E-state index >= 15 is 0 Å². The van der Waals surface area contributed by atoms with Crippen LogP contribution in [0, 0.1) is 0 Å². The van der Waals surface area contributed by atoms with Gasteiger partial charge in [-0.1, -0.05) is 18.2 Å². The summed E-state index contributed by atoms with van der Waals surface area (Å²) in [5, 5.41) is 3.50. The number of hydrogen-bond donors (Lipinski definition) is 1. The Morgan fingerprint density at radius 1 is 1.21 bits per heavy atom. The minimum atomic E-state index is -3.53. The first-order chi connectivity index (χ1) is 13.4. The van der Waals surface area contributed by atoms with Crippen molar-refractivity contribution >= 4 is 26.8 Å². The van der Waals surface area contributed by atoms with E-state index in [1.807, 2.05) is 44.2 Å². The van der Waals surface area contributed by atoms with Gasteiger partial charge < -0.3 is 14.8 Å². The van der Waals surface area contributed by atoms with E-state index in [1.54, 1.807) is 27.0 Å². The van der Waals surface area contributed by atoms with Gasteiger partial charge >= 0.3 is 6.09 Å². The molecule has 0 bridgehead atoms. The first-order valence-electron chi connectivity index (χ1n) is 9.59. The Labute approximate surface area is 172 Å². The van der Waals surface area contributed by atoms with Crippen molar-refractivity contribution in [2.24, 2.45) is 0 Å². The second-order valence-electron chi connectivity index (χ2n) is 8.32. The van der Waals surface area contributed by atoms with Gasteiger partial charge in [0.05, 0.1) is 35.8 Å². The lowest BCUT2D eigenvalue weighted by Crippen LogP contribution is -2.45. The van der Waals surface area contributed by atoms with Gasteiger partial charge in [0.2, 0.25) is 0 Å². The zero-order valence-electron chi connectivity index (χ0n) is 17.6. The molecule has 1 atom stereocenters. The maximum Gasteiger partial charge on any atom is 0.407 e. The molecule has 0 aliphatic carbocycles. The number of rotatable bonds is 8. The van der Waals surface area contributed by atoms with Gasteiger partial charge in [0.25, 0.3) is 0 Å². The first kappa shape index (κ1) is 23.1. The van der Waals surface area contributed by atoms with E-state index in [0.29, 0.717) is 5.56 Å². The Morgan fingerprint density at radius 2 is 1.90 bits per heavy atom. The molecule has 1 aromatic carbocycles. The van der Waals surface area contributed by atoms with Crippen molar-refractivity contribution < 1.29 is 22.7 Å². The van der Waals surface area contributed by atoms with Crippen LogP contribution in [-0.4, -0.2) is 49.6 Å². The Morgan fingerprint density at radius 3 is 2.55 bits per heavy atom. The maximum absolute atomic E-state index is 12.8. The van der Waals surface area contributed by atoms with Gasteiger partial charge in [0, 0.05) is 11.6 Å². The fraction of sp³-hybridized carbons (Fsp3) is 0.524. The van der Waals surface area contributed by atoms with Gasteiger partial charge in [-0.15, -0.1) is 0 Å². The number of nitrogens with zero attached hydrogens (tertiary/aromatic N) is 1. The molecule has 0 fully saturated rings. The third-order valence-electron chi connectivity index (χ3n) is 3.84. The number of ether oxygens (including phenoxy) is 2. The summed E-state index contributed by atoms with van der Waals surface area (Å²) in [6, 6.07) is 8.63. The monoisotopic (exact) mass is 422 g/mol. The van der Waals surface area contributed by atoms with Crippen LogP contribution in [0.2, 0.25) is 0 Å². The Kier molecular flexibility index (Phi) is 7.60. The summed E-state index contributed by atoms with van der Waals surface area (Å²) < 4.78 is 36.4. The van der Waals surface area contributed by atoms with Gasteiger partial charge in [0.15, 0.2) is 9.84 Å². The number of carbonyl (C=O) groups excluding carboxylic acids is 1. The van der Waals surface area contributed by atoms with Crippen molar-refractivity contribution in [2.45, 2.75) is 58.1 Å². The van der Waals surface area contributed by atoms with Crippen molar-refractivity contribution in [3.05, 3.63) is 42.1 Å². The molecular weight excluding hydrogens is 392 g/mol. The molecular formula is C21H30N2O5S. The molecule has 8 heteroatoms. The highest BCUT2D eigenvalue weighted by Crippen LogP contribution is 2.16. The van der Waals surface area contributed by atoms with E-state index in [1.165, 1.54) is 0 Å². The van der Waals surface area contributed by atoms with Crippen LogP contribution in [0.25, 0.3) is 10.9 Å². The molecule has 2 aromatic rings. The van der Waals surface area contributed by atoms with Crippen LogP contribution in [0.5, 0.6) is 0 Å². The molecule has 7 nitrogen and oxygen atoms in total. The fourth-order valence-corrected chi connectivity index (χ4v) is 4.31. The zero-order chi connectivity index (χ0) is 21.7. The molecule has 29 heavy (non-hydrogen) atoms. The molecule has 1 N–H and O–H groups in total. The normalized spacial score (nSPS) is 13.4. The van der Waals surface area contributed by atoms with Gasteiger partial charge in [-0.3, -0.25) is 4.98 Å². The first-order valence-corrected chi connectivity index (χ1v) is 11.4. The van der Waals surface area contributed by atoms with Crippen LogP contribution < -0.4 is 5.32 Å². The minimum absolute atomic E-state index is 0.0755. The lowest BCUT2D eigenvalue weighted by Gasteiger charge is -2.24. The summed E-state index contributed by atoms with van der Waals surface area (Å²) in [5.74, 6) is -0.426. The van der Waals surface area contributed by atoms with E-state index in [2.05, 4.69) is 10.3 Å². The number of benzene rings is 1. The predicted molar refractivity (Wildman–Crippen MR) is 113 cm³/mol. The van der Waals surface area contributed by atoms with E-state index in [9.17, 15) is 13.2 Å². The maximum atomic E-state index is 12.8. The number of amides is 1. The lowest BCUT2D eigenvalue weighted by atomic mass is 10.2. The Hall–Kier alpha value is -2.19. The molecule has 0 saturated carbocycles. The van der Waals surface area contributed by atoms with Crippen molar-refractivity contribution in [3.63, 3.8) is 0 Å². The van der Waals surface area contributed by atoms with Gasteiger partial charge in [-0.25, -0.2) is 13.2 Å². The second kappa shape index (κ2) is 9.54. The van der Waals surface area contributed by atoms with Crippen LogP contribution in [0.3, 0.4) is 0 Å². The molecule has 0 aliphatic rings. The van der Waals surface area contributed by atoms with Crippen LogP contribution in [0.4, 0.5) is 4.79 Å². The average Bonchev–Trinajstić information content (AvgIpc) is 2.57. The molecule has 1 unspecified atom stereocenters. The van der Waals surface area contributed by atoms with E-state index in [-0.39, 0.29) is 24.2 Å². The van der Waals surface area contributed by atoms with Crippen molar-refractivity contribution in [2.75, 3.05) is 12.4 Å². The summed E-state index contributed by atoms with van der Waals surface area (Å²) in [6.45, 7) is 9.01. The van der Waals surface area contributed by atoms with Crippen LogP contribution in [0.1, 0.15) is 40.2 Å². The van der Waals surface area contributed by atoms with Gasteiger partial charge in [0.1, 0.15) is 5.60 Å². The number of aromatic nitrogens is 1. The third kappa shape index (κ3) is 8.37. The number of fused-ring (bicyclic) bond motifs is 1. The summed E-state index contributed by atoms with van der Waals surface area (Å²) >= 11 is 0. The molecule has 0 spiro atoms. The van der Waals surface area contributed by atoms with Gasteiger partial charge in [-0.05, 0) is 52.3 Å². The largest absolute Gasteiger partial charge is 0.444 e. The summed E-state index contributed by atoms with van der Waals surface area (Å²) in [7, 11) is -3.53. The highest BCUT2D eigenvalue weighted by atomic mass is 32.2. The standard InChI is InChI=1S/C21H30N2O5S/c1-15(2)27-12-18(23-20(24)28-21(3,4)5)14-29(25,26)13-16-10-17-8-6-7-9-19(17)22-11-16/h6-11,15,18H,12-14H2,1-5H3,(H,23,24). The third-order valence-corrected chi connectivity index (χ3v) is 5.52. The number of para-hydroxylation sites is 1. The number of hydrogen-bond acceptors (Lipinski definition) is 6. The Balaban J connectivity index is 2.10. The topological polar surface area (TPSA) is 94.6 Å². The second-order valence-corrected chi connectivity index (χ2v) is 10.4. The van der Waals surface area contributed by atoms with Crippen molar-refractivity contribution in [1.29, 1.82) is 0 Å². The van der Waals surface area contributed by atoms with Crippen molar-refractivity contribution in [3.8, 4) is 0 Å². The molecule has 1 aromatic heterocycles. The summed E-state index contributed by atoms with van der Waals surface area (Å²) in [6.07, 6.45) is 0.809. The van der Waals surface area contributed by atoms with Crippen LogP contribution in [0.15, 0.2) is 36.5 Å². The molecule has 0 saturated heterocycles. The van der Waals surface area contributed by atoms with Crippen molar-refractivity contribution in [1.82, 2.24) is 10.3 Å². The molecule has 160 valence electrons. The number of pyridine rings is 1. The molecule has 0 radical (unpaired) electrons. The fourth-order valence-electron chi connectivity index (χ4n) is 2.73. The number of sulfone groups is 1. The van der Waals surface area contributed by atoms with Crippen LogP contribution in [-0.2, 0) is 25.1 Å². The SMILES string of the molecule is CC(C)OCC(CS(=O)(=O)Cc1cnc2ccccc2c1)NC(=O)OC(C)(C)C. The number of carbonyl (C=O) groups is 1. The Bertz CT molecular complexity index is 935. The molecule has 2 rings (SSSR count). The zero-order valence-corrected chi connectivity index (χ0v) is 18.5. The summed E-state index contributed by atoms with van der Waals surface area (Å²) in [4.78, 5) is 16.4. The van der Waals surface area contributed by atoms with Gasteiger partial charge in [-0.2, -0.15) is 0 Å². The van der Waals surface area contributed by atoms with E-state index < -0.39 is 27.6 Å². The molecule has 1 amide bonds. The lowest BCUT2D eigenvalue weighted by molar-refractivity contribution is 0.0378. The molecule has 0 aliphatic heterocycles. The quantitative estimate of drug-likeness (QED) is 0.700. The summed E-state index contributed by atoms with van der Waals surface area (Å²) in [5.41, 5.74) is 0.733. The highest BCUT2D eigenvalue weighted by Gasteiger charge is 2.25. The smallest absolute Gasteiger partial charge is 0.407 e. The molecule has 1 heterocycles. The van der Waals surface area contributed by atoms with E-state index in [4.69, 9.17) is 9.47 Å². The minimum Gasteiger partial charge on any atom is -0.444 e. The van der Waals surface area contributed by atoms with Crippen LogP contribution >= 0.6 is 0 Å². The average molecular weight is 423 g/mol. The van der Waals surface area contributed by atoms with E-state index in [0.717, 1.165) is 10.9 Å². The highest BCUT2D eigenvalue weighted by molar-refractivity contribution is 7.90. The number of nitrogens with one attached hydrogen (secondary N) is 1.